The van der Waals surface area contributed by atoms with Crippen LogP contribution in [0.25, 0.3) is 0 Å². The van der Waals surface area contributed by atoms with Gasteiger partial charge < -0.3 is 5.32 Å². The molecule has 1 aromatic rings. The van der Waals surface area contributed by atoms with Gasteiger partial charge >= 0.3 is 0 Å². The number of halogens is 1. The van der Waals surface area contributed by atoms with Gasteiger partial charge in [0.2, 0.25) is 5.91 Å². The number of aryl methyl sites for hydroxylation is 2. The van der Waals surface area contributed by atoms with E-state index in [-0.39, 0.29) is 11.4 Å². The van der Waals surface area contributed by atoms with E-state index >= 15 is 0 Å². The predicted molar refractivity (Wildman–Crippen MR) is 84.7 cm³/mol. The summed E-state index contributed by atoms with van der Waals surface area (Å²) in [6, 6.07) is 8.38. The van der Waals surface area contributed by atoms with Crippen LogP contribution in [0, 0.1) is 6.92 Å². The minimum absolute atomic E-state index is 0.0929. The van der Waals surface area contributed by atoms with E-state index in [1.807, 2.05) is 0 Å². The van der Waals surface area contributed by atoms with Gasteiger partial charge in [0.05, 0.1) is 0 Å². The summed E-state index contributed by atoms with van der Waals surface area (Å²) < 4.78 is 0. The summed E-state index contributed by atoms with van der Waals surface area (Å²) in [6.07, 6.45) is 3.26. The molecule has 19 heavy (non-hydrogen) atoms. The molecule has 1 amide bonds. The van der Waals surface area contributed by atoms with Gasteiger partial charge in [-0.05, 0) is 31.7 Å². The van der Waals surface area contributed by atoms with Crippen molar-refractivity contribution in [3.63, 3.8) is 0 Å². The maximum atomic E-state index is 12.0. The van der Waals surface area contributed by atoms with Crippen LogP contribution in [0.3, 0.4) is 0 Å². The van der Waals surface area contributed by atoms with Gasteiger partial charge in [0.15, 0.2) is 0 Å². The molecule has 2 nitrogen and oxygen atoms in total. The van der Waals surface area contributed by atoms with E-state index in [0.717, 1.165) is 24.6 Å². The van der Waals surface area contributed by atoms with Gasteiger partial charge in [-0.15, -0.1) is 0 Å². The lowest BCUT2D eigenvalue weighted by Gasteiger charge is -2.31. The third kappa shape index (κ3) is 4.98. The van der Waals surface area contributed by atoms with Gasteiger partial charge in [-0.3, -0.25) is 4.79 Å². The van der Waals surface area contributed by atoms with Gasteiger partial charge in [0.25, 0.3) is 0 Å². The molecule has 0 aromatic heterocycles. The monoisotopic (exact) mass is 325 g/mol. The van der Waals surface area contributed by atoms with E-state index in [0.29, 0.717) is 6.42 Å². The highest BCUT2D eigenvalue weighted by molar-refractivity contribution is 9.09. The first kappa shape index (κ1) is 16.2. The molecule has 0 saturated heterocycles. The first-order valence-electron chi connectivity index (χ1n) is 6.97. The third-order valence-corrected chi connectivity index (χ3v) is 4.85. The molecule has 1 rings (SSSR count). The van der Waals surface area contributed by atoms with Crippen molar-refractivity contribution in [2.45, 2.75) is 52.0 Å². The van der Waals surface area contributed by atoms with Gasteiger partial charge in [-0.2, -0.15) is 0 Å². The largest absolute Gasteiger partial charge is 0.350 e. The van der Waals surface area contributed by atoms with Crippen molar-refractivity contribution >= 4 is 21.8 Å². The number of alkyl halides is 1. The standard InChI is InChI=1S/C16H24BrNO/c1-4-16(5-2,12-17)18-15(19)11-10-14-8-6-13(3)7-9-14/h6-9H,4-5,10-12H2,1-3H3,(H,18,19). The number of carbonyl (C=O) groups is 1. The van der Waals surface area contributed by atoms with E-state index in [1.54, 1.807) is 0 Å². The summed E-state index contributed by atoms with van der Waals surface area (Å²) >= 11 is 3.51. The number of nitrogens with one attached hydrogen (secondary N) is 1. The summed E-state index contributed by atoms with van der Waals surface area (Å²) in [6.45, 7) is 6.30. The maximum absolute atomic E-state index is 12.0. The van der Waals surface area contributed by atoms with Crippen LogP contribution in [-0.2, 0) is 11.2 Å². The highest BCUT2D eigenvalue weighted by Gasteiger charge is 2.26. The number of carbonyl (C=O) groups excluding carboxylic acids is 1. The topological polar surface area (TPSA) is 29.1 Å². The summed E-state index contributed by atoms with van der Waals surface area (Å²) in [5.41, 5.74) is 2.38. The summed E-state index contributed by atoms with van der Waals surface area (Å²) in [4.78, 5) is 12.0. The van der Waals surface area contributed by atoms with Gasteiger partial charge in [-0.25, -0.2) is 0 Å². The van der Waals surface area contributed by atoms with Gasteiger partial charge in [-0.1, -0.05) is 59.6 Å². The number of hydrogen-bond acceptors (Lipinski definition) is 1. The van der Waals surface area contributed by atoms with Crippen molar-refractivity contribution in [1.82, 2.24) is 5.32 Å². The molecule has 0 saturated carbocycles. The highest BCUT2D eigenvalue weighted by atomic mass is 79.9. The zero-order valence-electron chi connectivity index (χ0n) is 12.1. The zero-order valence-corrected chi connectivity index (χ0v) is 13.7. The van der Waals surface area contributed by atoms with E-state index < -0.39 is 0 Å². The molecule has 1 aromatic carbocycles. The molecule has 0 bridgehead atoms. The Kier molecular flexibility index (Phi) is 6.56. The van der Waals surface area contributed by atoms with Crippen molar-refractivity contribution in [2.24, 2.45) is 0 Å². The fourth-order valence-corrected chi connectivity index (χ4v) is 2.95. The highest BCUT2D eigenvalue weighted by Crippen LogP contribution is 2.18. The van der Waals surface area contributed by atoms with E-state index in [1.165, 1.54) is 11.1 Å². The predicted octanol–water partition coefficient (Wildman–Crippen LogP) is 4.00. The van der Waals surface area contributed by atoms with Crippen molar-refractivity contribution in [3.05, 3.63) is 35.4 Å². The second kappa shape index (κ2) is 7.68. The normalized spacial score (nSPS) is 11.4. The Morgan fingerprint density at radius 1 is 1.21 bits per heavy atom. The molecule has 0 aliphatic rings. The van der Waals surface area contributed by atoms with Crippen LogP contribution in [0.1, 0.15) is 44.2 Å². The van der Waals surface area contributed by atoms with Crippen LogP contribution >= 0.6 is 15.9 Å². The Bertz CT molecular complexity index is 387. The minimum atomic E-state index is -0.0929. The average molecular weight is 326 g/mol. The first-order chi connectivity index (χ1) is 9.05. The Morgan fingerprint density at radius 2 is 1.79 bits per heavy atom. The van der Waals surface area contributed by atoms with Gasteiger partial charge in [0, 0.05) is 17.3 Å². The fourth-order valence-electron chi connectivity index (χ4n) is 2.02. The lowest BCUT2D eigenvalue weighted by atomic mass is 9.95. The molecule has 0 heterocycles. The summed E-state index contributed by atoms with van der Waals surface area (Å²) in [7, 11) is 0. The Labute approximate surface area is 125 Å². The molecule has 0 fully saturated rings. The Morgan fingerprint density at radius 3 is 2.26 bits per heavy atom. The van der Waals surface area contributed by atoms with Crippen molar-refractivity contribution in [1.29, 1.82) is 0 Å². The van der Waals surface area contributed by atoms with Crippen molar-refractivity contribution in [2.75, 3.05) is 5.33 Å². The third-order valence-electron chi connectivity index (χ3n) is 3.78. The van der Waals surface area contributed by atoms with Crippen LogP contribution in [0.5, 0.6) is 0 Å². The second-order valence-corrected chi connectivity index (χ2v) is 5.72. The fraction of sp³-hybridized carbons (Fsp3) is 0.562. The SMILES string of the molecule is CCC(CC)(CBr)NC(=O)CCc1ccc(C)cc1. The van der Waals surface area contributed by atoms with Crippen LogP contribution in [0.15, 0.2) is 24.3 Å². The van der Waals surface area contributed by atoms with Crippen LogP contribution < -0.4 is 5.32 Å². The summed E-state index contributed by atoms with van der Waals surface area (Å²) in [5.74, 6) is 0.142. The number of amides is 1. The molecule has 0 spiro atoms. The van der Waals surface area contributed by atoms with Crippen molar-refractivity contribution in [3.8, 4) is 0 Å². The number of hydrogen-bond donors (Lipinski definition) is 1. The Hall–Kier alpha value is -0.830. The maximum Gasteiger partial charge on any atom is 0.220 e. The van der Waals surface area contributed by atoms with Crippen molar-refractivity contribution < 1.29 is 4.79 Å². The van der Waals surface area contributed by atoms with Crippen LogP contribution in [0.4, 0.5) is 0 Å². The Balaban J connectivity index is 2.49. The molecular weight excluding hydrogens is 302 g/mol. The molecule has 106 valence electrons. The summed E-state index contributed by atoms with van der Waals surface area (Å²) in [5, 5.41) is 3.98. The number of benzene rings is 1. The minimum Gasteiger partial charge on any atom is -0.350 e. The van der Waals surface area contributed by atoms with E-state index in [4.69, 9.17) is 0 Å². The van der Waals surface area contributed by atoms with E-state index in [2.05, 4.69) is 66.3 Å². The molecule has 0 aliphatic carbocycles. The quantitative estimate of drug-likeness (QED) is 0.754. The van der Waals surface area contributed by atoms with Gasteiger partial charge in [0.1, 0.15) is 0 Å². The number of rotatable bonds is 7. The van der Waals surface area contributed by atoms with Crippen LogP contribution in [0.2, 0.25) is 0 Å². The lowest BCUT2D eigenvalue weighted by molar-refractivity contribution is -0.122. The second-order valence-electron chi connectivity index (χ2n) is 5.15. The molecule has 1 N–H and O–H groups in total. The average Bonchev–Trinajstić information content (AvgIpc) is 2.44. The molecule has 0 atom stereocenters. The van der Waals surface area contributed by atoms with E-state index in [9.17, 15) is 4.79 Å². The molecule has 0 unspecified atom stereocenters. The molecule has 0 radical (unpaired) electrons. The molecule has 0 aliphatic heterocycles. The first-order valence-corrected chi connectivity index (χ1v) is 8.10. The smallest absolute Gasteiger partial charge is 0.220 e. The molecule has 3 heteroatoms. The molecular formula is C16H24BrNO. The van der Waals surface area contributed by atoms with Crippen LogP contribution in [-0.4, -0.2) is 16.8 Å². The zero-order chi connectivity index (χ0) is 14.3. The lowest BCUT2D eigenvalue weighted by Crippen LogP contribution is -2.49.